The van der Waals surface area contributed by atoms with Gasteiger partial charge in [-0.05, 0) is 69.9 Å². The first kappa shape index (κ1) is 33.7. The van der Waals surface area contributed by atoms with E-state index >= 15 is 0 Å². The third kappa shape index (κ3) is 10.2. The van der Waals surface area contributed by atoms with E-state index in [1.165, 1.54) is 0 Å². The van der Waals surface area contributed by atoms with Crippen LogP contribution in [0.5, 0.6) is 0 Å². The number of alkyl halides is 3. The number of nitrogens with zero attached hydrogens (tertiary/aromatic N) is 5. The highest BCUT2D eigenvalue weighted by Gasteiger charge is 2.38. The van der Waals surface area contributed by atoms with Crippen molar-refractivity contribution in [1.29, 1.82) is 0 Å². The first-order chi connectivity index (χ1) is 19.8. The quantitative estimate of drug-likeness (QED) is 0.440. The fourth-order valence-electron chi connectivity index (χ4n) is 4.99. The molecule has 2 saturated heterocycles. The van der Waals surface area contributed by atoms with Gasteiger partial charge in [-0.15, -0.1) is 0 Å². The number of piperidine rings is 2. The number of likely N-dealkylation sites (tertiary alicyclic amines) is 2. The van der Waals surface area contributed by atoms with Gasteiger partial charge in [-0.3, -0.25) is 9.59 Å². The maximum absolute atomic E-state index is 13.5. The molecule has 2 aliphatic heterocycles. The highest BCUT2D eigenvalue weighted by atomic mass is 35.5. The van der Waals surface area contributed by atoms with Gasteiger partial charge in [-0.2, -0.15) is 13.2 Å². The van der Waals surface area contributed by atoms with Gasteiger partial charge < -0.3 is 24.4 Å². The SMILES string of the molecule is CC(=O)N1CCC(C(=O)N(CCCN2CCC(Sc3nccn3C)CC2)c2cccc(Cl)c2)CC1.O=C(O)C(F)(F)F. The fourth-order valence-corrected chi connectivity index (χ4v) is 6.27. The van der Waals surface area contributed by atoms with E-state index in [0.717, 1.165) is 62.6 Å². The van der Waals surface area contributed by atoms with Crippen LogP contribution >= 0.6 is 23.4 Å². The monoisotopic (exact) mass is 631 g/mol. The molecule has 1 aromatic heterocycles. The summed E-state index contributed by atoms with van der Waals surface area (Å²) < 4.78 is 33.8. The van der Waals surface area contributed by atoms with Gasteiger partial charge in [0.1, 0.15) is 0 Å². The Balaban J connectivity index is 0.000000616. The number of carbonyl (C=O) groups excluding carboxylic acids is 2. The number of aryl methyl sites for hydroxylation is 1. The average molecular weight is 632 g/mol. The molecule has 0 radical (unpaired) electrons. The van der Waals surface area contributed by atoms with E-state index in [-0.39, 0.29) is 17.7 Å². The Morgan fingerprint density at radius 2 is 1.76 bits per heavy atom. The molecule has 9 nitrogen and oxygen atoms in total. The fraction of sp³-hybridized carbons (Fsp3) is 0.571. The van der Waals surface area contributed by atoms with Crippen molar-refractivity contribution in [1.82, 2.24) is 19.4 Å². The van der Waals surface area contributed by atoms with Crippen LogP contribution in [0, 0.1) is 5.92 Å². The lowest BCUT2D eigenvalue weighted by molar-refractivity contribution is -0.192. The number of carboxylic acid groups (broad SMARTS) is 1. The molecule has 0 unspecified atom stereocenters. The number of carboxylic acids is 1. The number of aromatic nitrogens is 2. The van der Waals surface area contributed by atoms with Crippen molar-refractivity contribution in [2.75, 3.05) is 44.2 Å². The number of thioether (sulfide) groups is 1. The summed E-state index contributed by atoms with van der Waals surface area (Å²) in [6, 6.07) is 7.59. The van der Waals surface area contributed by atoms with Crippen molar-refractivity contribution >= 4 is 46.8 Å². The Kier molecular flexibility index (Phi) is 12.6. The zero-order valence-corrected chi connectivity index (χ0v) is 25.3. The molecular weight excluding hydrogens is 595 g/mol. The van der Waals surface area contributed by atoms with Gasteiger partial charge in [0.15, 0.2) is 5.16 Å². The molecule has 0 atom stereocenters. The second kappa shape index (κ2) is 15.6. The van der Waals surface area contributed by atoms with Gasteiger partial charge in [0.05, 0.1) is 0 Å². The van der Waals surface area contributed by atoms with Crippen LogP contribution in [0.4, 0.5) is 18.9 Å². The largest absolute Gasteiger partial charge is 0.490 e. The normalized spacial score (nSPS) is 17.0. The van der Waals surface area contributed by atoms with Crippen LogP contribution in [0.1, 0.15) is 39.0 Å². The van der Waals surface area contributed by atoms with Crippen molar-refractivity contribution in [3.63, 3.8) is 0 Å². The molecule has 0 saturated carbocycles. The highest BCUT2D eigenvalue weighted by molar-refractivity contribution is 7.99. The standard InChI is InChI=1S/C26H36ClN5O2S.C2HF3O2/c1-20(33)31-16-7-21(8-17-31)25(34)32(23-6-3-5-22(27)19-23)13-4-12-30-14-9-24(10-15-30)35-26-28-11-18-29(26)2;3-2(4,5)1(6)7/h3,5-6,11,18-19,21,24H,4,7-10,12-17H2,1-2H3;(H,6,7). The number of hydrogen-bond donors (Lipinski definition) is 1. The van der Waals surface area contributed by atoms with Gasteiger partial charge in [0.25, 0.3) is 0 Å². The summed E-state index contributed by atoms with van der Waals surface area (Å²) in [5.41, 5.74) is 0.863. The molecule has 0 aliphatic carbocycles. The zero-order chi connectivity index (χ0) is 30.9. The summed E-state index contributed by atoms with van der Waals surface area (Å²) in [5, 5.41) is 9.46. The molecule has 4 rings (SSSR count). The molecule has 1 aromatic carbocycles. The molecule has 0 bridgehead atoms. The Morgan fingerprint density at radius 3 is 2.29 bits per heavy atom. The van der Waals surface area contributed by atoms with Crippen LogP contribution in [-0.4, -0.2) is 92.9 Å². The number of anilines is 1. The molecule has 2 amide bonds. The third-order valence-corrected chi connectivity index (χ3v) is 9.00. The number of benzene rings is 1. The zero-order valence-electron chi connectivity index (χ0n) is 23.7. The first-order valence-electron chi connectivity index (χ1n) is 13.8. The lowest BCUT2D eigenvalue weighted by atomic mass is 9.94. The van der Waals surface area contributed by atoms with E-state index < -0.39 is 12.1 Å². The molecule has 2 fully saturated rings. The summed E-state index contributed by atoms with van der Waals surface area (Å²) in [7, 11) is 2.05. The molecule has 2 aliphatic rings. The van der Waals surface area contributed by atoms with Gasteiger partial charge >= 0.3 is 12.1 Å². The smallest absolute Gasteiger partial charge is 0.475 e. The summed E-state index contributed by atoms with van der Waals surface area (Å²) in [6.45, 7) is 6.72. The van der Waals surface area contributed by atoms with E-state index in [1.807, 2.05) is 65.3 Å². The third-order valence-electron chi connectivity index (χ3n) is 7.36. The van der Waals surface area contributed by atoms with Gasteiger partial charge in [0.2, 0.25) is 11.8 Å². The summed E-state index contributed by atoms with van der Waals surface area (Å²) in [6.07, 6.45) is 3.44. The lowest BCUT2D eigenvalue weighted by Gasteiger charge is -2.35. The van der Waals surface area contributed by atoms with Crippen LogP contribution in [0.3, 0.4) is 0 Å². The molecule has 1 N–H and O–H groups in total. The number of carbonyl (C=O) groups is 3. The maximum atomic E-state index is 13.5. The second-order valence-electron chi connectivity index (χ2n) is 10.4. The highest BCUT2D eigenvalue weighted by Crippen LogP contribution is 2.29. The minimum atomic E-state index is -5.08. The predicted octanol–water partition coefficient (Wildman–Crippen LogP) is 4.95. The van der Waals surface area contributed by atoms with Crippen LogP contribution < -0.4 is 4.90 Å². The van der Waals surface area contributed by atoms with E-state index in [2.05, 4.69) is 14.5 Å². The number of aliphatic carboxylic acids is 1. The van der Waals surface area contributed by atoms with Crippen molar-refractivity contribution in [2.45, 2.75) is 55.6 Å². The summed E-state index contributed by atoms with van der Waals surface area (Å²) in [4.78, 5) is 44.8. The summed E-state index contributed by atoms with van der Waals surface area (Å²) in [5.74, 6) is -2.57. The Morgan fingerprint density at radius 1 is 1.12 bits per heavy atom. The van der Waals surface area contributed by atoms with Crippen molar-refractivity contribution < 1.29 is 32.7 Å². The first-order valence-corrected chi connectivity index (χ1v) is 15.1. The molecule has 42 heavy (non-hydrogen) atoms. The van der Waals surface area contributed by atoms with Gasteiger partial charge in [-0.1, -0.05) is 29.4 Å². The minimum absolute atomic E-state index is 0.0523. The lowest BCUT2D eigenvalue weighted by Crippen LogP contribution is -2.45. The number of rotatable bonds is 8. The van der Waals surface area contributed by atoms with Crippen molar-refractivity contribution in [3.05, 3.63) is 41.7 Å². The van der Waals surface area contributed by atoms with Crippen LogP contribution in [0.2, 0.25) is 5.02 Å². The Labute approximate surface area is 253 Å². The average Bonchev–Trinajstić information content (AvgIpc) is 3.35. The minimum Gasteiger partial charge on any atom is -0.475 e. The Hall–Kier alpha value is -2.77. The Bertz CT molecular complexity index is 1200. The van der Waals surface area contributed by atoms with Crippen molar-refractivity contribution in [3.8, 4) is 0 Å². The number of imidazole rings is 1. The second-order valence-corrected chi connectivity index (χ2v) is 12.1. The van der Waals surface area contributed by atoms with Crippen LogP contribution in [-0.2, 0) is 21.4 Å². The molecule has 3 heterocycles. The number of amides is 2. The van der Waals surface area contributed by atoms with Crippen molar-refractivity contribution in [2.24, 2.45) is 13.0 Å². The maximum Gasteiger partial charge on any atom is 0.490 e. The number of hydrogen-bond acceptors (Lipinski definition) is 6. The molecule has 14 heteroatoms. The van der Waals surface area contributed by atoms with Gasteiger partial charge in [-0.25, -0.2) is 9.78 Å². The molecule has 232 valence electrons. The van der Waals surface area contributed by atoms with E-state index in [9.17, 15) is 22.8 Å². The van der Waals surface area contributed by atoms with Crippen LogP contribution in [0.15, 0.2) is 41.8 Å². The van der Waals surface area contributed by atoms with E-state index in [0.29, 0.717) is 29.9 Å². The molecular formula is C28H37ClF3N5O4S. The topological polar surface area (TPSA) is 99.0 Å². The van der Waals surface area contributed by atoms with Crippen LogP contribution in [0.25, 0.3) is 0 Å². The molecule has 2 aromatic rings. The van der Waals surface area contributed by atoms with E-state index in [1.54, 1.807) is 6.92 Å². The van der Waals surface area contributed by atoms with E-state index in [4.69, 9.17) is 21.5 Å². The molecule has 0 spiro atoms. The van der Waals surface area contributed by atoms with Gasteiger partial charge in [0, 0.05) is 67.9 Å². The summed E-state index contributed by atoms with van der Waals surface area (Å²) >= 11 is 8.15. The number of halogens is 4. The predicted molar refractivity (Wildman–Crippen MR) is 156 cm³/mol.